The van der Waals surface area contributed by atoms with Crippen molar-refractivity contribution < 1.29 is 4.79 Å². The molecule has 104 valence electrons. The number of nitrogens with one attached hydrogen (secondary N) is 1. The summed E-state index contributed by atoms with van der Waals surface area (Å²) in [5.41, 5.74) is 3.51. The van der Waals surface area contributed by atoms with Crippen LogP contribution in [-0.2, 0) is 4.79 Å². The van der Waals surface area contributed by atoms with E-state index in [0.717, 1.165) is 31.9 Å². The molecule has 1 amide bonds. The first kappa shape index (κ1) is 14.0. The number of carbonyl (C=O) groups excluding carboxylic acids is 1. The Balaban J connectivity index is 2.07. The number of benzene rings is 1. The second-order valence-corrected chi connectivity index (χ2v) is 5.14. The van der Waals surface area contributed by atoms with Gasteiger partial charge in [0.15, 0.2) is 0 Å². The summed E-state index contributed by atoms with van der Waals surface area (Å²) >= 11 is 0. The van der Waals surface area contributed by atoms with E-state index in [2.05, 4.69) is 30.1 Å². The van der Waals surface area contributed by atoms with Crippen molar-refractivity contribution in [1.82, 2.24) is 10.2 Å². The monoisotopic (exact) mass is 261 g/mol. The van der Waals surface area contributed by atoms with Gasteiger partial charge in [0.2, 0.25) is 5.91 Å². The lowest BCUT2D eigenvalue weighted by Crippen LogP contribution is -2.51. The Hall–Kier alpha value is -1.39. The highest BCUT2D eigenvalue weighted by atomic mass is 16.2. The Morgan fingerprint density at radius 1 is 1.26 bits per heavy atom. The minimum atomic E-state index is 0.205. The Morgan fingerprint density at radius 2 is 2.05 bits per heavy atom. The number of likely N-dealkylation sites (N-methyl/N-ethyl adjacent to an activating group) is 1. The number of piperazine rings is 1. The van der Waals surface area contributed by atoms with Crippen molar-refractivity contribution in [1.29, 1.82) is 0 Å². The molecule has 0 unspecified atom stereocenters. The number of rotatable bonds is 4. The topological polar surface area (TPSA) is 35.6 Å². The predicted octanol–water partition coefficient (Wildman–Crippen LogP) is 1.17. The molecule has 1 saturated heterocycles. The summed E-state index contributed by atoms with van der Waals surface area (Å²) < 4.78 is 0. The van der Waals surface area contributed by atoms with Crippen LogP contribution in [0.1, 0.15) is 11.1 Å². The van der Waals surface area contributed by atoms with Crippen LogP contribution < -0.4 is 10.2 Å². The summed E-state index contributed by atoms with van der Waals surface area (Å²) in [7, 11) is 1.94. The number of amides is 1. The van der Waals surface area contributed by atoms with Crippen LogP contribution in [0.4, 0.5) is 5.69 Å². The molecule has 2 rings (SSSR count). The number of carbonyl (C=O) groups is 1. The summed E-state index contributed by atoms with van der Waals surface area (Å²) in [4.78, 5) is 16.4. The molecule has 0 radical (unpaired) electrons. The molecule has 0 aromatic heterocycles. The molecule has 1 aromatic carbocycles. The lowest BCUT2D eigenvalue weighted by atomic mass is 10.1. The van der Waals surface area contributed by atoms with Gasteiger partial charge >= 0.3 is 0 Å². The van der Waals surface area contributed by atoms with Crippen LogP contribution >= 0.6 is 0 Å². The van der Waals surface area contributed by atoms with Crippen LogP contribution in [0.25, 0.3) is 0 Å². The third-order valence-corrected chi connectivity index (χ3v) is 3.84. The number of anilines is 1. The van der Waals surface area contributed by atoms with E-state index in [1.807, 2.05) is 24.1 Å². The zero-order valence-electron chi connectivity index (χ0n) is 12.1. The maximum atomic E-state index is 12.3. The van der Waals surface area contributed by atoms with E-state index in [-0.39, 0.29) is 5.91 Å². The van der Waals surface area contributed by atoms with Gasteiger partial charge in [0.25, 0.3) is 0 Å². The van der Waals surface area contributed by atoms with Gasteiger partial charge in [-0.25, -0.2) is 0 Å². The maximum absolute atomic E-state index is 12.3. The molecule has 0 atom stereocenters. The van der Waals surface area contributed by atoms with E-state index in [4.69, 9.17) is 0 Å². The molecule has 4 nitrogen and oxygen atoms in total. The van der Waals surface area contributed by atoms with Crippen molar-refractivity contribution in [2.24, 2.45) is 0 Å². The van der Waals surface area contributed by atoms with E-state index in [1.165, 1.54) is 11.1 Å². The average Bonchev–Trinajstić information content (AvgIpc) is 2.40. The molecule has 1 N–H and O–H groups in total. The zero-order chi connectivity index (χ0) is 13.8. The van der Waals surface area contributed by atoms with Crippen LogP contribution in [0, 0.1) is 13.8 Å². The highest BCUT2D eigenvalue weighted by Crippen LogP contribution is 2.24. The first-order valence-electron chi connectivity index (χ1n) is 6.87. The van der Waals surface area contributed by atoms with Gasteiger partial charge < -0.3 is 10.2 Å². The van der Waals surface area contributed by atoms with Crippen LogP contribution in [0.3, 0.4) is 0 Å². The number of nitrogens with zero attached hydrogens (tertiary/aromatic N) is 2. The van der Waals surface area contributed by atoms with Gasteiger partial charge in [-0.15, -0.1) is 0 Å². The van der Waals surface area contributed by atoms with E-state index in [1.54, 1.807) is 0 Å². The molecule has 1 aliphatic rings. The van der Waals surface area contributed by atoms with Crippen molar-refractivity contribution in [3.63, 3.8) is 0 Å². The van der Waals surface area contributed by atoms with Gasteiger partial charge in [-0.3, -0.25) is 9.69 Å². The zero-order valence-corrected chi connectivity index (χ0v) is 12.1. The minimum Gasteiger partial charge on any atom is -0.318 e. The molecule has 1 heterocycles. The second kappa shape index (κ2) is 6.17. The molecule has 0 spiro atoms. The Kier molecular flexibility index (Phi) is 4.56. The minimum absolute atomic E-state index is 0.205. The molecule has 0 bridgehead atoms. The van der Waals surface area contributed by atoms with Crippen molar-refractivity contribution in [2.45, 2.75) is 13.8 Å². The fourth-order valence-electron chi connectivity index (χ4n) is 2.47. The molecule has 0 saturated carbocycles. The molecule has 0 aliphatic carbocycles. The average molecular weight is 261 g/mol. The first-order chi connectivity index (χ1) is 9.13. The van der Waals surface area contributed by atoms with E-state index in [9.17, 15) is 4.79 Å². The molecule has 1 aromatic rings. The fraction of sp³-hybridized carbons (Fsp3) is 0.533. The molecular formula is C15H23N3O. The summed E-state index contributed by atoms with van der Waals surface area (Å²) in [5.74, 6) is 0.205. The smallest absolute Gasteiger partial charge is 0.241 e. The lowest BCUT2D eigenvalue weighted by molar-refractivity contribution is -0.121. The molecule has 1 aliphatic heterocycles. The lowest BCUT2D eigenvalue weighted by Gasteiger charge is -2.35. The van der Waals surface area contributed by atoms with Crippen LogP contribution in [0.2, 0.25) is 0 Å². The molecular weight excluding hydrogens is 238 g/mol. The van der Waals surface area contributed by atoms with E-state index in [0.29, 0.717) is 6.54 Å². The normalized spacial score (nSPS) is 17.0. The van der Waals surface area contributed by atoms with E-state index >= 15 is 0 Å². The highest BCUT2D eigenvalue weighted by Gasteiger charge is 2.25. The standard InChI is InChI=1S/C15H23N3O/c1-12-5-4-6-14(13(12)2)18-10-9-17(8-7-16-3)11-15(18)19/h4-6,16H,7-11H2,1-3H3. The largest absolute Gasteiger partial charge is 0.318 e. The van der Waals surface area contributed by atoms with Crippen molar-refractivity contribution >= 4 is 11.6 Å². The molecule has 1 fully saturated rings. The van der Waals surface area contributed by atoms with Crippen LogP contribution in [0.5, 0.6) is 0 Å². The van der Waals surface area contributed by atoms with Gasteiger partial charge in [0.05, 0.1) is 6.54 Å². The Labute approximate surface area is 115 Å². The van der Waals surface area contributed by atoms with E-state index < -0.39 is 0 Å². The maximum Gasteiger partial charge on any atom is 0.241 e. The first-order valence-corrected chi connectivity index (χ1v) is 6.87. The van der Waals surface area contributed by atoms with Gasteiger partial charge in [0.1, 0.15) is 0 Å². The van der Waals surface area contributed by atoms with Gasteiger partial charge in [-0.05, 0) is 38.1 Å². The number of hydrogen-bond donors (Lipinski definition) is 1. The Bertz CT molecular complexity index is 459. The van der Waals surface area contributed by atoms with Gasteiger partial charge in [-0.2, -0.15) is 0 Å². The third kappa shape index (κ3) is 3.14. The number of aryl methyl sites for hydroxylation is 1. The van der Waals surface area contributed by atoms with Crippen molar-refractivity contribution in [3.05, 3.63) is 29.3 Å². The third-order valence-electron chi connectivity index (χ3n) is 3.84. The summed E-state index contributed by atoms with van der Waals surface area (Å²) in [6.45, 7) is 8.29. The fourth-order valence-corrected chi connectivity index (χ4v) is 2.47. The quantitative estimate of drug-likeness (QED) is 0.884. The summed E-state index contributed by atoms with van der Waals surface area (Å²) in [6.07, 6.45) is 0. The second-order valence-electron chi connectivity index (χ2n) is 5.14. The SMILES string of the molecule is CNCCN1CCN(c2cccc(C)c2C)C(=O)C1. The van der Waals surface area contributed by atoms with Crippen LogP contribution in [0.15, 0.2) is 18.2 Å². The Morgan fingerprint density at radius 3 is 2.74 bits per heavy atom. The van der Waals surface area contributed by atoms with Crippen LogP contribution in [-0.4, -0.2) is 50.6 Å². The summed E-state index contributed by atoms with van der Waals surface area (Å²) in [5, 5.41) is 3.12. The summed E-state index contributed by atoms with van der Waals surface area (Å²) in [6, 6.07) is 6.16. The predicted molar refractivity (Wildman–Crippen MR) is 78.6 cm³/mol. The van der Waals surface area contributed by atoms with Gasteiger partial charge in [-0.1, -0.05) is 12.1 Å². The number of hydrogen-bond acceptors (Lipinski definition) is 3. The van der Waals surface area contributed by atoms with Gasteiger partial charge in [0, 0.05) is 31.9 Å². The van der Waals surface area contributed by atoms with Crippen molar-refractivity contribution in [2.75, 3.05) is 44.7 Å². The molecule has 4 heteroatoms. The highest BCUT2D eigenvalue weighted by molar-refractivity contribution is 5.96. The van der Waals surface area contributed by atoms with Crippen molar-refractivity contribution in [3.8, 4) is 0 Å². The molecule has 19 heavy (non-hydrogen) atoms.